The summed E-state index contributed by atoms with van der Waals surface area (Å²) in [6.45, 7) is 0.577. The zero-order valence-electron chi connectivity index (χ0n) is 11.1. The van der Waals surface area contributed by atoms with Gasteiger partial charge in [-0.1, -0.05) is 0 Å². The zero-order chi connectivity index (χ0) is 15.0. The van der Waals surface area contributed by atoms with Crippen LogP contribution in [0.4, 0.5) is 0 Å². The van der Waals surface area contributed by atoms with Crippen molar-refractivity contribution in [1.29, 1.82) is 0 Å². The maximum atomic E-state index is 11.9. The van der Waals surface area contributed by atoms with E-state index in [0.717, 1.165) is 0 Å². The Morgan fingerprint density at radius 3 is 2.75 bits per heavy atom. The van der Waals surface area contributed by atoms with E-state index in [2.05, 4.69) is 15.0 Å². The number of sulfonamides is 1. The minimum Gasteiger partial charge on any atom is -0.383 e. The Bertz CT molecular complexity index is 530. The largest absolute Gasteiger partial charge is 0.383 e. The molecule has 0 spiro atoms. The molecule has 0 unspecified atom stereocenters. The van der Waals surface area contributed by atoms with E-state index in [1.165, 1.54) is 25.4 Å². The number of hydrogen-bond donors (Lipinski definition) is 3. The Morgan fingerprint density at radius 2 is 2.20 bits per heavy atom. The van der Waals surface area contributed by atoms with Crippen LogP contribution in [0, 0.1) is 0 Å². The summed E-state index contributed by atoms with van der Waals surface area (Å²) in [6.07, 6.45) is 1.20. The van der Waals surface area contributed by atoms with Gasteiger partial charge in [-0.15, -0.1) is 0 Å². The van der Waals surface area contributed by atoms with Gasteiger partial charge in [0.15, 0.2) is 0 Å². The van der Waals surface area contributed by atoms with Crippen LogP contribution in [0.25, 0.3) is 0 Å². The summed E-state index contributed by atoms with van der Waals surface area (Å²) in [5.74, 6) is -0.433. The first-order valence-electron chi connectivity index (χ1n) is 5.90. The van der Waals surface area contributed by atoms with Crippen LogP contribution in [-0.4, -0.2) is 46.1 Å². The number of aromatic nitrogens is 1. The lowest BCUT2D eigenvalue weighted by molar-refractivity contribution is -0.120. The highest BCUT2D eigenvalue weighted by Gasteiger charge is 2.15. The molecule has 0 aliphatic carbocycles. The van der Waals surface area contributed by atoms with Gasteiger partial charge in [0.05, 0.1) is 18.8 Å². The third-order valence-corrected chi connectivity index (χ3v) is 3.75. The second-order valence-corrected chi connectivity index (χ2v) is 5.62. The molecule has 0 fully saturated rings. The molecule has 20 heavy (non-hydrogen) atoms. The van der Waals surface area contributed by atoms with Crippen LogP contribution in [0.2, 0.25) is 0 Å². The Hall–Kier alpha value is -1.55. The highest BCUT2D eigenvalue weighted by molar-refractivity contribution is 7.89. The van der Waals surface area contributed by atoms with Gasteiger partial charge in [-0.3, -0.25) is 9.78 Å². The third-order valence-electron chi connectivity index (χ3n) is 2.37. The van der Waals surface area contributed by atoms with E-state index in [1.807, 2.05) is 0 Å². The average molecular weight is 302 g/mol. The monoisotopic (exact) mass is 302 g/mol. The molecular weight excluding hydrogens is 284 g/mol. The van der Waals surface area contributed by atoms with Crippen LogP contribution in [0.5, 0.6) is 0 Å². The molecule has 4 N–H and O–H groups in total. The minimum atomic E-state index is -3.76. The molecule has 1 aromatic heterocycles. The summed E-state index contributed by atoms with van der Waals surface area (Å²) in [4.78, 5) is 15.2. The van der Waals surface area contributed by atoms with E-state index >= 15 is 0 Å². The van der Waals surface area contributed by atoms with Gasteiger partial charge >= 0.3 is 0 Å². The maximum Gasteiger partial charge on any atom is 0.242 e. The van der Waals surface area contributed by atoms with Gasteiger partial charge in [0.1, 0.15) is 4.90 Å². The predicted octanol–water partition coefficient (Wildman–Crippen LogP) is -1.42. The minimum absolute atomic E-state index is 0.0145. The van der Waals surface area contributed by atoms with Crippen molar-refractivity contribution in [3.8, 4) is 0 Å². The van der Waals surface area contributed by atoms with Crippen LogP contribution in [0.1, 0.15) is 5.69 Å². The van der Waals surface area contributed by atoms with Gasteiger partial charge in [-0.2, -0.15) is 0 Å². The quantitative estimate of drug-likeness (QED) is 0.506. The van der Waals surface area contributed by atoms with Gasteiger partial charge in [0, 0.05) is 26.4 Å². The summed E-state index contributed by atoms with van der Waals surface area (Å²) in [5, 5.41) is 2.50. The fourth-order valence-electron chi connectivity index (χ4n) is 1.29. The summed E-state index contributed by atoms with van der Waals surface area (Å²) < 4.78 is 30.7. The summed E-state index contributed by atoms with van der Waals surface area (Å²) in [6, 6.07) is 2.91. The fraction of sp³-hybridized carbons (Fsp3) is 0.455. The first-order valence-corrected chi connectivity index (χ1v) is 7.38. The second-order valence-electron chi connectivity index (χ2n) is 3.86. The summed E-state index contributed by atoms with van der Waals surface area (Å²) in [7, 11) is -2.25. The molecule has 0 bridgehead atoms. The number of nitrogens with zero attached hydrogens (tertiary/aromatic N) is 1. The molecular formula is C11H18N4O4S. The van der Waals surface area contributed by atoms with E-state index in [9.17, 15) is 13.2 Å². The topological polar surface area (TPSA) is 123 Å². The van der Waals surface area contributed by atoms with Crippen molar-refractivity contribution in [2.45, 2.75) is 11.4 Å². The molecule has 1 amide bonds. The number of rotatable bonds is 8. The second kappa shape index (κ2) is 7.90. The SMILES string of the molecule is COCCNC(=O)CNS(=O)(=O)c1ccc(CN)nc1. The van der Waals surface area contributed by atoms with E-state index in [1.54, 1.807) is 0 Å². The molecule has 112 valence electrons. The third kappa shape index (κ3) is 5.21. The van der Waals surface area contributed by atoms with E-state index in [0.29, 0.717) is 18.8 Å². The molecule has 1 aromatic rings. The van der Waals surface area contributed by atoms with Gasteiger partial charge < -0.3 is 15.8 Å². The summed E-state index contributed by atoms with van der Waals surface area (Å²) >= 11 is 0. The van der Waals surface area contributed by atoms with Crippen LogP contribution in [-0.2, 0) is 26.1 Å². The van der Waals surface area contributed by atoms with Gasteiger partial charge in [-0.25, -0.2) is 13.1 Å². The first-order chi connectivity index (χ1) is 9.49. The maximum absolute atomic E-state index is 11.9. The van der Waals surface area contributed by atoms with Crippen molar-refractivity contribution in [3.63, 3.8) is 0 Å². The van der Waals surface area contributed by atoms with E-state index < -0.39 is 15.9 Å². The van der Waals surface area contributed by atoms with Crippen molar-refractivity contribution < 1.29 is 17.9 Å². The number of carbonyl (C=O) groups excluding carboxylic acids is 1. The van der Waals surface area contributed by atoms with Crippen molar-refractivity contribution >= 4 is 15.9 Å². The standard InChI is InChI=1S/C11H18N4O4S/c1-19-5-4-13-11(16)8-15-20(17,18)10-3-2-9(6-12)14-7-10/h2-3,7,15H,4-6,8,12H2,1H3,(H,13,16). The van der Waals surface area contributed by atoms with E-state index in [4.69, 9.17) is 10.5 Å². The van der Waals surface area contributed by atoms with Gasteiger partial charge in [0.25, 0.3) is 0 Å². The molecule has 0 aliphatic rings. The molecule has 8 nitrogen and oxygen atoms in total. The van der Waals surface area contributed by atoms with Crippen molar-refractivity contribution in [2.24, 2.45) is 5.73 Å². The van der Waals surface area contributed by atoms with Gasteiger partial charge in [-0.05, 0) is 12.1 Å². The Labute approximate surface area is 117 Å². The lowest BCUT2D eigenvalue weighted by Crippen LogP contribution is -2.38. The molecule has 1 heterocycles. The van der Waals surface area contributed by atoms with Crippen molar-refractivity contribution in [3.05, 3.63) is 24.0 Å². The normalized spacial score (nSPS) is 11.3. The molecule has 0 radical (unpaired) electrons. The average Bonchev–Trinajstić information content (AvgIpc) is 2.45. The molecule has 9 heteroatoms. The molecule has 0 aromatic carbocycles. The lowest BCUT2D eigenvalue weighted by atomic mass is 10.4. The number of nitrogens with two attached hydrogens (primary N) is 1. The highest BCUT2D eigenvalue weighted by atomic mass is 32.2. The molecule has 1 rings (SSSR count). The van der Waals surface area contributed by atoms with Crippen LogP contribution in [0.15, 0.2) is 23.2 Å². The molecule has 0 atom stereocenters. The molecule has 0 saturated heterocycles. The number of hydrogen-bond acceptors (Lipinski definition) is 6. The van der Waals surface area contributed by atoms with E-state index in [-0.39, 0.29) is 18.0 Å². The molecule has 0 saturated carbocycles. The van der Waals surface area contributed by atoms with Crippen molar-refractivity contribution in [1.82, 2.24) is 15.0 Å². The predicted molar refractivity (Wildman–Crippen MR) is 72.2 cm³/mol. The fourth-order valence-corrected chi connectivity index (χ4v) is 2.22. The Balaban J connectivity index is 2.54. The number of carbonyl (C=O) groups is 1. The first kappa shape index (κ1) is 16.5. The number of pyridine rings is 1. The van der Waals surface area contributed by atoms with Crippen LogP contribution in [0.3, 0.4) is 0 Å². The molecule has 0 aliphatic heterocycles. The van der Waals surface area contributed by atoms with Crippen LogP contribution < -0.4 is 15.8 Å². The van der Waals surface area contributed by atoms with Gasteiger partial charge in [0.2, 0.25) is 15.9 Å². The summed E-state index contributed by atoms with van der Waals surface area (Å²) in [5.41, 5.74) is 5.96. The highest BCUT2D eigenvalue weighted by Crippen LogP contribution is 2.07. The Kier molecular flexibility index (Phi) is 6.52. The number of nitrogens with one attached hydrogen (secondary N) is 2. The van der Waals surface area contributed by atoms with Crippen molar-refractivity contribution in [2.75, 3.05) is 26.8 Å². The lowest BCUT2D eigenvalue weighted by Gasteiger charge is -2.07. The zero-order valence-corrected chi connectivity index (χ0v) is 11.9. The smallest absolute Gasteiger partial charge is 0.242 e. The van der Waals surface area contributed by atoms with Crippen LogP contribution >= 0.6 is 0 Å². The number of amides is 1. The Morgan fingerprint density at radius 1 is 1.45 bits per heavy atom. The number of ether oxygens (including phenoxy) is 1. The number of methoxy groups -OCH3 is 1.